The van der Waals surface area contributed by atoms with Crippen LogP contribution < -0.4 is 0 Å². The van der Waals surface area contributed by atoms with Crippen LogP contribution in [0.4, 0.5) is 0 Å². The number of hydrogen-bond donors (Lipinski definition) is 0. The van der Waals surface area contributed by atoms with Crippen LogP contribution in [0.15, 0.2) is 41.2 Å². The molecular weight excluding hydrogens is 294 g/mol. The summed E-state index contributed by atoms with van der Waals surface area (Å²) in [5, 5.41) is 1.85. The predicted octanol–water partition coefficient (Wildman–Crippen LogP) is 2.35. The van der Waals surface area contributed by atoms with Crippen molar-refractivity contribution in [2.75, 3.05) is 26.2 Å². The molecule has 114 valence electrons. The Hall–Kier alpha value is -1.72. The molecule has 1 aromatic heterocycles. The number of fused-ring (bicyclic) bond motifs is 1. The van der Waals surface area contributed by atoms with Gasteiger partial charge >= 0.3 is 0 Å². The third kappa shape index (κ3) is 2.66. The number of carbonyl (C=O) groups excluding carboxylic acids is 1. The number of likely N-dealkylation sites (tertiary alicyclic amines) is 2. The van der Waals surface area contributed by atoms with E-state index in [0.29, 0.717) is 17.5 Å². The van der Waals surface area contributed by atoms with Gasteiger partial charge in [-0.05, 0) is 17.4 Å². The van der Waals surface area contributed by atoms with Crippen LogP contribution in [0.25, 0.3) is 0 Å². The molecule has 4 nitrogen and oxygen atoms in total. The van der Waals surface area contributed by atoms with Crippen molar-refractivity contribution in [3.8, 4) is 0 Å². The highest BCUT2D eigenvalue weighted by Crippen LogP contribution is 2.32. The maximum absolute atomic E-state index is 12.4. The zero-order valence-corrected chi connectivity index (χ0v) is 13.2. The van der Waals surface area contributed by atoms with Gasteiger partial charge in [0.15, 0.2) is 0 Å². The largest absolute Gasteiger partial charge is 0.337 e. The lowest BCUT2D eigenvalue weighted by Crippen LogP contribution is -2.33. The van der Waals surface area contributed by atoms with E-state index in [1.165, 1.54) is 16.9 Å². The fourth-order valence-corrected chi connectivity index (χ4v) is 4.23. The SMILES string of the molecule is O=C(c1cscn1)N1CC2CN(Cc3ccccc3)CC2C1. The molecule has 5 heteroatoms. The molecule has 0 spiro atoms. The molecule has 0 N–H and O–H groups in total. The Bertz CT molecular complexity index is 629. The topological polar surface area (TPSA) is 36.4 Å². The van der Waals surface area contributed by atoms with E-state index < -0.39 is 0 Å². The smallest absolute Gasteiger partial charge is 0.273 e. The minimum absolute atomic E-state index is 0.102. The van der Waals surface area contributed by atoms with Crippen LogP contribution >= 0.6 is 11.3 Å². The van der Waals surface area contributed by atoms with Gasteiger partial charge in [0, 0.05) is 38.1 Å². The van der Waals surface area contributed by atoms with Gasteiger partial charge in [0.1, 0.15) is 5.69 Å². The minimum atomic E-state index is 0.102. The quantitative estimate of drug-likeness (QED) is 0.873. The lowest BCUT2D eigenvalue weighted by atomic mass is 10.0. The van der Waals surface area contributed by atoms with Crippen molar-refractivity contribution in [2.24, 2.45) is 11.8 Å². The Morgan fingerprint density at radius 2 is 1.86 bits per heavy atom. The Labute approximate surface area is 134 Å². The molecule has 2 fully saturated rings. The van der Waals surface area contributed by atoms with E-state index in [2.05, 4.69) is 40.2 Å². The molecule has 2 atom stereocenters. The monoisotopic (exact) mass is 313 g/mol. The van der Waals surface area contributed by atoms with Gasteiger partial charge in [0.05, 0.1) is 5.51 Å². The Kier molecular flexibility index (Phi) is 3.68. The molecular formula is C17H19N3OS. The second-order valence-corrected chi connectivity index (χ2v) is 7.00. The Morgan fingerprint density at radius 1 is 1.14 bits per heavy atom. The van der Waals surface area contributed by atoms with E-state index in [1.807, 2.05) is 10.3 Å². The zero-order valence-electron chi connectivity index (χ0n) is 12.4. The van der Waals surface area contributed by atoms with E-state index in [4.69, 9.17) is 0 Å². The summed E-state index contributed by atoms with van der Waals surface area (Å²) in [5.41, 5.74) is 3.70. The van der Waals surface area contributed by atoms with Crippen molar-refractivity contribution in [1.29, 1.82) is 0 Å². The van der Waals surface area contributed by atoms with Crippen LogP contribution in [0.3, 0.4) is 0 Å². The first kappa shape index (κ1) is 13.9. The third-order valence-corrected chi connectivity index (χ3v) is 5.34. The summed E-state index contributed by atoms with van der Waals surface area (Å²) in [4.78, 5) is 21.0. The van der Waals surface area contributed by atoms with Crippen LogP contribution in [-0.2, 0) is 6.54 Å². The molecule has 1 aromatic carbocycles. The number of hydrogen-bond acceptors (Lipinski definition) is 4. The van der Waals surface area contributed by atoms with Gasteiger partial charge in [0.25, 0.3) is 5.91 Å². The number of thiazole rings is 1. The van der Waals surface area contributed by atoms with Crippen LogP contribution in [-0.4, -0.2) is 46.9 Å². The van der Waals surface area contributed by atoms with Gasteiger partial charge in [-0.1, -0.05) is 30.3 Å². The maximum Gasteiger partial charge on any atom is 0.273 e. The summed E-state index contributed by atoms with van der Waals surface area (Å²) in [6.45, 7) is 4.98. The molecule has 3 heterocycles. The summed E-state index contributed by atoms with van der Waals surface area (Å²) >= 11 is 1.48. The molecule has 0 aliphatic carbocycles. The lowest BCUT2D eigenvalue weighted by Gasteiger charge is -2.21. The number of aromatic nitrogens is 1. The second kappa shape index (κ2) is 5.82. The van der Waals surface area contributed by atoms with Gasteiger partial charge in [-0.2, -0.15) is 0 Å². The van der Waals surface area contributed by atoms with E-state index in [9.17, 15) is 4.79 Å². The summed E-state index contributed by atoms with van der Waals surface area (Å²) in [6, 6.07) is 10.6. The molecule has 2 saturated heterocycles. The van der Waals surface area contributed by atoms with Crippen molar-refractivity contribution in [3.05, 3.63) is 52.5 Å². The summed E-state index contributed by atoms with van der Waals surface area (Å²) in [5.74, 6) is 1.34. The number of benzene rings is 1. The fourth-order valence-electron chi connectivity index (χ4n) is 3.71. The maximum atomic E-state index is 12.4. The van der Waals surface area contributed by atoms with Gasteiger partial charge in [-0.25, -0.2) is 4.98 Å². The molecule has 22 heavy (non-hydrogen) atoms. The molecule has 0 bridgehead atoms. The third-order valence-electron chi connectivity index (χ3n) is 4.75. The number of carbonyl (C=O) groups is 1. The van der Waals surface area contributed by atoms with Gasteiger partial charge in [-0.3, -0.25) is 9.69 Å². The van der Waals surface area contributed by atoms with Crippen LogP contribution in [0.2, 0.25) is 0 Å². The van der Waals surface area contributed by atoms with Crippen molar-refractivity contribution < 1.29 is 4.79 Å². The van der Waals surface area contributed by atoms with Gasteiger partial charge in [0.2, 0.25) is 0 Å². The van der Waals surface area contributed by atoms with Crippen LogP contribution in [0.1, 0.15) is 16.1 Å². The van der Waals surface area contributed by atoms with Crippen molar-refractivity contribution in [3.63, 3.8) is 0 Å². The van der Waals surface area contributed by atoms with Gasteiger partial charge < -0.3 is 4.90 Å². The van der Waals surface area contributed by atoms with E-state index in [1.54, 1.807) is 5.51 Å². The van der Waals surface area contributed by atoms with E-state index in [0.717, 1.165) is 32.7 Å². The number of rotatable bonds is 3. The first-order valence-electron chi connectivity index (χ1n) is 7.73. The first-order chi connectivity index (χ1) is 10.8. The molecule has 2 aromatic rings. The molecule has 1 amide bonds. The fraction of sp³-hybridized carbons (Fsp3) is 0.412. The summed E-state index contributed by atoms with van der Waals surface area (Å²) in [6.07, 6.45) is 0. The van der Waals surface area contributed by atoms with Crippen molar-refractivity contribution in [1.82, 2.24) is 14.8 Å². The normalized spacial score (nSPS) is 24.6. The van der Waals surface area contributed by atoms with E-state index in [-0.39, 0.29) is 5.91 Å². The summed E-state index contributed by atoms with van der Waals surface area (Å²) in [7, 11) is 0. The highest BCUT2D eigenvalue weighted by atomic mass is 32.1. The highest BCUT2D eigenvalue weighted by molar-refractivity contribution is 7.07. The van der Waals surface area contributed by atoms with Gasteiger partial charge in [-0.15, -0.1) is 11.3 Å². The average Bonchev–Trinajstić information content (AvgIpc) is 3.23. The zero-order chi connectivity index (χ0) is 14.9. The molecule has 0 radical (unpaired) electrons. The average molecular weight is 313 g/mol. The standard InChI is InChI=1S/C17H19N3OS/c21-17(16-11-22-12-18-16)20-9-14-7-19(8-15(14)10-20)6-13-4-2-1-3-5-13/h1-5,11-12,14-15H,6-10H2. The van der Waals surface area contributed by atoms with Crippen LogP contribution in [0, 0.1) is 11.8 Å². The summed E-state index contributed by atoms with van der Waals surface area (Å²) < 4.78 is 0. The van der Waals surface area contributed by atoms with Crippen molar-refractivity contribution >= 4 is 17.2 Å². The first-order valence-corrected chi connectivity index (χ1v) is 8.67. The molecule has 4 rings (SSSR count). The van der Waals surface area contributed by atoms with Crippen molar-refractivity contribution in [2.45, 2.75) is 6.54 Å². The van der Waals surface area contributed by atoms with E-state index >= 15 is 0 Å². The number of nitrogens with zero attached hydrogens (tertiary/aromatic N) is 3. The Balaban J connectivity index is 1.36. The molecule has 2 unspecified atom stereocenters. The second-order valence-electron chi connectivity index (χ2n) is 6.28. The molecule has 0 saturated carbocycles. The minimum Gasteiger partial charge on any atom is -0.337 e. The lowest BCUT2D eigenvalue weighted by molar-refractivity contribution is 0.0768. The highest BCUT2D eigenvalue weighted by Gasteiger charge is 2.41. The predicted molar refractivity (Wildman–Crippen MR) is 86.7 cm³/mol. The molecule has 2 aliphatic heterocycles. The Morgan fingerprint density at radius 3 is 2.50 bits per heavy atom. The number of amides is 1. The molecule has 2 aliphatic rings. The van der Waals surface area contributed by atoms with Crippen LogP contribution in [0.5, 0.6) is 0 Å².